The van der Waals surface area contributed by atoms with Crippen molar-refractivity contribution in [3.05, 3.63) is 51.7 Å². The summed E-state index contributed by atoms with van der Waals surface area (Å²) in [4.78, 5) is 23.8. The zero-order valence-electron chi connectivity index (χ0n) is 12.1. The molecule has 5 nitrogen and oxygen atoms in total. The third-order valence-corrected chi connectivity index (χ3v) is 3.89. The van der Waals surface area contributed by atoms with Crippen molar-refractivity contribution in [2.75, 3.05) is 18.4 Å². The number of carbonyl (C=O) groups is 2. The minimum atomic E-state index is -0.116. The van der Waals surface area contributed by atoms with Crippen molar-refractivity contribution in [2.45, 2.75) is 6.92 Å². The quantitative estimate of drug-likeness (QED) is 0.634. The van der Waals surface area contributed by atoms with Gasteiger partial charge in [-0.25, -0.2) is 0 Å². The third kappa shape index (κ3) is 3.93. The summed E-state index contributed by atoms with van der Waals surface area (Å²) in [5.41, 5.74) is 1.61. The van der Waals surface area contributed by atoms with Crippen LogP contribution in [-0.4, -0.2) is 24.8 Å². The van der Waals surface area contributed by atoms with Gasteiger partial charge in [0.25, 0.3) is 5.91 Å². The molecular weight excluding hydrogens is 298 g/mol. The van der Waals surface area contributed by atoms with E-state index in [1.54, 1.807) is 24.3 Å². The number of nitriles is 1. The van der Waals surface area contributed by atoms with Gasteiger partial charge < -0.3 is 10.6 Å². The lowest BCUT2D eigenvalue weighted by Gasteiger charge is -2.10. The van der Waals surface area contributed by atoms with Crippen LogP contribution in [0.4, 0.5) is 5.69 Å². The van der Waals surface area contributed by atoms with E-state index in [1.807, 2.05) is 11.4 Å². The summed E-state index contributed by atoms with van der Waals surface area (Å²) >= 11 is 1.38. The largest absolute Gasteiger partial charge is 0.382 e. The highest BCUT2D eigenvalue weighted by molar-refractivity contribution is 7.12. The lowest BCUT2D eigenvalue weighted by Crippen LogP contribution is -2.28. The van der Waals surface area contributed by atoms with Gasteiger partial charge in [0.05, 0.1) is 16.1 Å². The summed E-state index contributed by atoms with van der Waals surface area (Å²) in [7, 11) is 0. The van der Waals surface area contributed by atoms with Gasteiger partial charge in [-0.05, 0) is 36.6 Å². The molecule has 0 spiro atoms. The lowest BCUT2D eigenvalue weighted by atomic mass is 10.1. The predicted octanol–water partition coefficient (Wildman–Crippen LogP) is 2.66. The summed E-state index contributed by atoms with van der Waals surface area (Å²) in [5.74, 6) is -0.173. The number of amides is 1. The molecule has 1 heterocycles. The molecule has 0 aliphatic rings. The summed E-state index contributed by atoms with van der Waals surface area (Å²) in [5, 5.41) is 16.8. The number of rotatable bonds is 6. The molecule has 0 fully saturated rings. The average Bonchev–Trinajstić information content (AvgIpc) is 3.05. The molecule has 0 saturated carbocycles. The Labute approximate surface area is 132 Å². The van der Waals surface area contributed by atoms with Gasteiger partial charge in [0.2, 0.25) is 0 Å². The molecular formula is C16H15N3O2S. The zero-order chi connectivity index (χ0) is 15.9. The number of nitrogens with zero attached hydrogens (tertiary/aromatic N) is 1. The van der Waals surface area contributed by atoms with Gasteiger partial charge in [0, 0.05) is 18.7 Å². The molecule has 1 aromatic heterocycles. The van der Waals surface area contributed by atoms with Gasteiger partial charge in [0.1, 0.15) is 6.07 Å². The molecule has 2 aromatic rings. The second-order valence-electron chi connectivity index (χ2n) is 4.59. The highest BCUT2D eigenvalue weighted by Gasteiger charge is 2.07. The molecule has 0 radical (unpaired) electrons. The van der Waals surface area contributed by atoms with Crippen molar-refractivity contribution >= 4 is 28.7 Å². The lowest BCUT2D eigenvalue weighted by molar-refractivity contribution is 0.0958. The molecule has 1 amide bonds. The molecule has 0 saturated heterocycles. The fourth-order valence-corrected chi connectivity index (χ4v) is 2.52. The monoisotopic (exact) mass is 313 g/mol. The van der Waals surface area contributed by atoms with E-state index in [9.17, 15) is 9.59 Å². The standard InChI is InChI=1S/C16H15N3O2S/c1-11(20)12-4-5-13(10-17)14(9-12)18-6-7-19-16(21)15-3-2-8-22-15/h2-5,8-9,18H,6-7H2,1H3,(H,19,21). The minimum absolute atomic E-state index is 0.0569. The van der Waals surface area contributed by atoms with E-state index >= 15 is 0 Å². The van der Waals surface area contributed by atoms with Crippen LogP contribution in [0.3, 0.4) is 0 Å². The predicted molar refractivity (Wildman–Crippen MR) is 86.3 cm³/mol. The van der Waals surface area contributed by atoms with Gasteiger partial charge in [-0.1, -0.05) is 6.07 Å². The SMILES string of the molecule is CC(=O)c1ccc(C#N)c(NCCNC(=O)c2cccs2)c1. The molecule has 0 aliphatic carbocycles. The molecule has 0 unspecified atom stereocenters. The third-order valence-electron chi connectivity index (χ3n) is 3.02. The number of hydrogen-bond donors (Lipinski definition) is 2. The first kappa shape index (κ1) is 15.7. The van der Waals surface area contributed by atoms with Crippen LogP contribution in [0.1, 0.15) is 32.5 Å². The van der Waals surface area contributed by atoms with E-state index in [0.29, 0.717) is 34.8 Å². The molecule has 112 valence electrons. The average molecular weight is 313 g/mol. The first-order chi connectivity index (χ1) is 10.6. The van der Waals surface area contributed by atoms with E-state index in [2.05, 4.69) is 16.7 Å². The second-order valence-corrected chi connectivity index (χ2v) is 5.54. The summed E-state index contributed by atoms with van der Waals surface area (Å²) in [6.45, 7) is 2.37. The summed E-state index contributed by atoms with van der Waals surface area (Å²) in [6, 6.07) is 10.6. The molecule has 2 N–H and O–H groups in total. The second kappa shape index (κ2) is 7.38. The van der Waals surface area contributed by atoms with Crippen molar-refractivity contribution in [3.8, 4) is 6.07 Å². The van der Waals surface area contributed by atoms with Crippen LogP contribution >= 0.6 is 11.3 Å². The van der Waals surface area contributed by atoms with E-state index in [4.69, 9.17) is 5.26 Å². The number of hydrogen-bond acceptors (Lipinski definition) is 5. The minimum Gasteiger partial charge on any atom is -0.382 e. The van der Waals surface area contributed by atoms with Crippen LogP contribution in [-0.2, 0) is 0 Å². The van der Waals surface area contributed by atoms with Gasteiger partial charge in [-0.15, -0.1) is 11.3 Å². The van der Waals surface area contributed by atoms with Crippen LogP contribution in [0.15, 0.2) is 35.7 Å². The summed E-state index contributed by atoms with van der Waals surface area (Å²) in [6.07, 6.45) is 0. The number of carbonyl (C=O) groups excluding carboxylic acids is 2. The van der Waals surface area contributed by atoms with Gasteiger partial charge in [-0.2, -0.15) is 5.26 Å². The first-order valence-electron chi connectivity index (χ1n) is 6.72. The van der Waals surface area contributed by atoms with E-state index < -0.39 is 0 Å². The van der Waals surface area contributed by atoms with Crippen molar-refractivity contribution in [1.82, 2.24) is 5.32 Å². The van der Waals surface area contributed by atoms with Crippen LogP contribution in [0, 0.1) is 11.3 Å². The molecule has 6 heteroatoms. The molecule has 0 bridgehead atoms. The maximum absolute atomic E-state index is 11.8. The van der Waals surface area contributed by atoms with E-state index in [-0.39, 0.29) is 11.7 Å². The fraction of sp³-hybridized carbons (Fsp3) is 0.188. The number of Topliss-reactive ketones (excluding diaryl/α,β-unsaturated/α-hetero) is 1. The Hall–Kier alpha value is -2.65. The number of ketones is 1. The normalized spacial score (nSPS) is 9.82. The van der Waals surface area contributed by atoms with Gasteiger partial charge >= 0.3 is 0 Å². The molecule has 1 aromatic carbocycles. The van der Waals surface area contributed by atoms with Crippen molar-refractivity contribution in [2.24, 2.45) is 0 Å². The van der Waals surface area contributed by atoms with Crippen LogP contribution in [0.2, 0.25) is 0 Å². The number of anilines is 1. The highest BCUT2D eigenvalue weighted by atomic mass is 32.1. The molecule has 2 rings (SSSR count). The number of benzene rings is 1. The van der Waals surface area contributed by atoms with E-state index in [0.717, 1.165) is 0 Å². The molecule has 22 heavy (non-hydrogen) atoms. The number of thiophene rings is 1. The smallest absolute Gasteiger partial charge is 0.261 e. The van der Waals surface area contributed by atoms with Crippen LogP contribution in [0.5, 0.6) is 0 Å². The number of nitrogens with one attached hydrogen (secondary N) is 2. The van der Waals surface area contributed by atoms with Crippen molar-refractivity contribution < 1.29 is 9.59 Å². The van der Waals surface area contributed by atoms with Crippen molar-refractivity contribution in [1.29, 1.82) is 5.26 Å². The van der Waals surface area contributed by atoms with Crippen molar-refractivity contribution in [3.63, 3.8) is 0 Å². The Morgan fingerprint density at radius 3 is 2.73 bits per heavy atom. The topological polar surface area (TPSA) is 82.0 Å². The Morgan fingerprint density at radius 1 is 1.27 bits per heavy atom. The van der Waals surface area contributed by atoms with Gasteiger partial charge in [0.15, 0.2) is 5.78 Å². The fourth-order valence-electron chi connectivity index (χ4n) is 1.88. The Balaban J connectivity index is 1.91. The highest BCUT2D eigenvalue weighted by Crippen LogP contribution is 2.17. The maximum Gasteiger partial charge on any atom is 0.261 e. The molecule has 0 aliphatic heterocycles. The Kier molecular flexibility index (Phi) is 5.28. The van der Waals surface area contributed by atoms with E-state index in [1.165, 1.54) is 18.3 Å². The summed E-state index contributed by atoms with van der Waals surface area (Å²) < 4.78 is 0. The zero-order valence-corrected chi connectivity index (χ0v) is 12.9. The Bertz CT molecular complexity index is 717. The van der Waals surface area contributed by atoms with Crippen LogP contribution < -0.4 is 10.6 Å². The van der Waals surface area contributed by atoms with Crippen LogP contribution in [0.25, 0.3) is 0 Å². The van der Waals surface area contributed by atoms with Gasteiger partial charge in [-0.3, -0.25) is 9.59 Å². The maximum atomic E-state index is 11.8. The molecule has 0 atom stereocenters. The first-order valence-corrected chi connectivity index (χ1v) is 7.60. The Morgan fingerprint density at radius 2 is 2.09 bits per heavy atom.